The summed E-state index contributed by atoms with van der Waals surface area (Å²) >= 11 is 0. The molecule has 3 amide bonds. The van der Waals surface area contributed by atoms with Crippen molar-refractivity contribution >= 4 is 24.3 Å². The van der Waals surface area contributed by atoms with Crippen molar-refractivity contribution in [1.29, 1.82) is 0 Å². The first kappa shape index (κ1) is 20.2. The van der Waals surface area contributed by atoms with Crippen LogP contribution in [0.15, 0.2) is 48.8 Å². The number of rotatable bonds is 5. The smallest absolute Gasteiger partial charge is 0.317 e. The first-order valence-electron chi connectivity index (χ1n) is 9.35. The van der Waals surface area contributed by atoms with Gasteiger partial charge in [0.15, 0.2) is 0 Å². The van der Waals surface area contributed by atoms with Gasteiger partial charge in [0, 0.05) is 18.9 Å². The lowest BCUT2D eigenvalue weighted by molar-refractivity contribution is -0.135. The number of benzene rings is 1. The predicted molar refractivity (Wildman–Crippen MR) is 107 cm³/mol. The number of hydrogen-bond acceptors (Lipinski definition) is 5. The quantitative estimate of drug-likeness (QED) is 0.775. The number of hydrogen-bond donors (Lipinski definition) is 1. The summed E-state index contributed by atoms with van der Waals surface area (Å²) in [5.41, 5.74) is 0.415. The maximum Gasteiger partial charge on any atom is 0.328 e. The van der Waals surface area contributed by atoms with Crippen LogP contribution in [0, 0.1) is 0 Å². The topological polar surface area (TPSA) is 78.4 Å². The molecule has 2 fully saturated rings. The van der Waals surface area contributed by atoms with E-state index in [1.165, 1.54) is 4.90 Å². The molecule has 1 aromatic heterocycles. The Morgan fingerprint density at radius 2 is 1.68 bits per heavy atom. The fourth-order valence-corrected chi connectivity index (χ4v) is 3.99. The van der Waals surface area contributed by atoms with Gasteiger partial charge in [-0.2, -0.15) is 0 Å². The molecule has 1 spiro atoms. The highest BCUT2D eigenvalue weighted by molar-refractivity contribution is 6.07. The Kier molecular flexibility index (Phi) is 6.26. The van der Waals surface area contributed by atoms with Gasteiger partial charge in [0.05, 0.1) is 6.54 Å². The third-order valence-corrected chi connectivity index (χ3v) is 5.44. The second-order valence-electron chi connectivity index (χ2n) is 7.01. The molecule has 8 heteroatoms. The highest BCUT2D eigenvalue weighted by Gasteiger charge is 2.57. The molecule has 0 radical (unpaired) electrons. The monoisotopic (exact) mass is 401 g/mol. The minimum absolute atomic E-state index is 0. The number of amides is 3. The van der Waals surface area contributed by atoms with Crippen molar-refractivity contribution in [3.8, 4) is 0 Å². The maximum absolute atomic E-state index is 13.3. The van der Waals surface area contributed by atoms with Crippen LogP contribution in [0.4, 0.5) is 4.79 Å². The number of carbonyl (C=O) groups is 2. The molecule has 0 saturated carbocycles. The first-order chi connectivity index (χ1) is 13.2. The average molecular weight is 402 g/mol. The minimum atomic E-state index is -0.744. The van der Waals surface area contributed by atoms with Crippen LogP contribution in [0.5, 0.6) is 0 Å². The number of halogens is 1. The Morgan fingerprint density at radius 1 is 1.00 bits per heavy atom. The zero-order valence-corrected chi connectivity index (χ0v) is 16.4. The van der Waals surface area contributed by atoms with Crippen LogP contribution in [0.1, 0.15) is 24.2 Å². The summed E-state index contributed by atoms with van der Waals surface area (Å²) in [6.45, 7) is 2.11. The first-order valence-corrected chi connectivity index (χ1v) is 9.35. The average Bonchev–Trinajstić information content (AvgIpc) is 2.90. The van der Waals surface area contributed by atoms with Crippen molar-refractivity contribution in [2.75, 3.05) is 19.6 Å². The number of urea groups is 1. The van der Waals surface area contributed by atoms with Gasteiger partial charge in [-0.1, -0.05) is 30.3 Å². The molecule has 1 N–H and O–H groups in total. The lowest BCUT2D eigenvalue weighted by atomic mass is 9.86. The Hall–Kier alpha value is -2.51. The molecule has 0 bridgehead atoms. The lowest BCUT2D eigenvalue weighted by Gasteiger charge is -2.38. The van der Waals surface area contributed by atoms with Gasteiger partial charge in [-0.25, -0.2) is 14.8 Å². The van der Waals surface area contributed by atoms with Crippen molar-refractivity contribution < 1.29 is 9.59 Å². The molecule has 2 aliphatic rings. The third-order valence-electron chi connectivity index (χ3n) is 5.44. The van der Waals surface area contributed by atoms with E-state index < -0.39 is 5.54 Å². The summed E-state index contributed by atoms with van der Waals surface area (Å²) in [5.74, 6) is 0.364. The normalized spacial score (nSPS) is 18.4. The molecule has 4 rings (SSSR count). The summed E-state index contributed by atoms with van der Waals surface area (Å²) in [6.07, 6.45) is 5.25. The van der Waals surface area contributed by atoms with Gasteiger partial charge < -0.3 is 10.2 Å². The SMILES string of the molecule is Cl.O=C1N(Cc2ncccn2)C(=O)C2(CCNCC2)N1CCc1ccccc1. The Labute approximate surface area is 170 Å². The molecule has 7 nitrogen and oxygen atoms in total. The van der Waals surface area contributed by atoms with E-state index in [-0.39, 0.29) is 30.9 Å². The van der Waals surface area contributed by atoms with Crippen LogP contribution in [0.2, 0.25) is 0 Å². The molecule has 0 unspecified atom stereocenters. The number of piperidine rings is 1. The number of imide groups is 1. The van der Waals surface area contributed by atoms with Crippen molar-refractivity contribution in [1.82, 2.24) is 25.1 Å². The van der Waals surface area contributed by atoms with Crippen LogP contribution < -0.4 is 5.32 Å². The van der Waals surface area contributed by atoms with Crippen molar-refractivity contribution in [3.05, 3.63) is 60.2 Å². The molecule has 0 aliphatic carbocycles. The Morgan fingerprint density at radius 3 is 2.36 bits per heavy atom. The molecular formula is C20H24ClN5O2. The number of carbonyl (C=O) groups excluding carboxylic acids is 2. The summed E-state index contributed by atoms with van der Waals surface area (Å²) in [6, 6.07) is 11.5. The van der Waals surface area contributed by atoms with Crippen LogP contribution in [0.25, 0.3) is 0 Å². The number of aromatic nitrogens is 2. The van der Waals surface area contributed by atoms with E-state index in [9.17, 15) is 9.59 Å². The molecule has 1 aromatic carbocycles. The van der Waals surface area contributed by atoms with E-state index >= 15 is 0 Å². The second-order valence-corrected chi connectivity index (χ2v) is 7.01. The highest BCUT2D eigenvalue weighted by atomic mass is 35.5. The fourth-order valence-electron chi connectivity index (χ4n) is 3.99. The second kappa shape index (κ2) is 8.67. The van der Waals surface area contributed by atoms with Crippen molar-refractivity contribution in [2.45, 2.75) is 31.3 Å². The van der Waals surface area contributed by atoms with Crippen molar-refractivity contribution in [3.63, 3.8) is 0 Å². The fraction of sp³-hybridized carbons (Fsp3) is 0.400. The molecule has 0 atom stereocenters. The van der Waals surface area contributed by atoms with E-state index in [2.05, 4.69) is 15.3 Å². The Bertz CT molecular complexity index is 812. The minimum Gasteiger partial charge on any atom is -0.317 e. The third kappa shape index (κ3) is 3.72. The summed E-state index contributed by atoms with van der Waals surface area (Å²) in [7, 11) is 0. The van der Waals surface area contributed by atoms with Crippen LogP contribution in [-0.4, -0.2) is 56.9 Å². The van der Waals surface area contributed by atoms with Gasteiger partial charge in [-0.05, 0) is 44.0 Å². The Balaban J connectivity index is 0.00000225. The summed E-state index contributed by atoms with van der Waals surface area (Å²) in [5, 5.41) is 3.30. The molecule has 3 heterocycles. The van der Waals surface area contributed by atoms with Gasteiger partial charge in [0.25, 0.3) is 5.91 Å². The van der Waals surface area contributed by atoms with E-state index in [1.807, 2.05) is 30.3 Å². The van der Waals surface area contributed by atoms with Crippen LogP contribution in [-0.2, 0) is 17.8 Å². The zero-order chi connectivity index (χ0) is 18.7. The predicted octanol–water partition coefficient (Wildman–Crippen LogP) is 2.03. The highest BCUT2D eigenvalue weighted by Crippen LogP contribution is 2.36. The van der Waals surface area contributed by atoms with Crippen LogP contribution >= 0.6 is 12.4 Å². The van der Waals surface area contributed by atoms with E-state index in [4.69, 9.17) is 0 Å². The van der Waals surface area contributed by atoms with Gasteiger partial charge >= 0.3 is 6.03 Å². The summed E-state index contributed by atoms with van der Waals surface area (Å²) in [4.78, 5) is 37.9. The van der Waals surface area contributed by atoms with E-state index in [1.54, 1.807) is 23.4 Å². The molecule has 148 valence electrons. The van der Waals surface area contributed by atoms with Crippen molar-refractivity contribution in [2.24, 2.45) is 0 Å². The zero-order valence-electron chi connectivity index (χ0n) is 15.6. The molecule has 28 heavy (non-hydrogen) atoms. The van der Waals surface area contributed by atoms with Gasteiger partial charge in [-0.3, -0.25) is 9.69 Å². The summed E-state index contributed by atoms with van der Waals surface area (Å²) < 4.78 is 0. The molecule has 2 aliphatic heterocycles. The van der Waals surface area contributed by atoms with Gasteiger partial charge in [-0.15, -0.1) is 12.4 Å². The largest absolute Gasteiger partial charge is 0.328 e. The van der Waals surface area contributed by atoms with Gasteiger partial charge in [0.1, 0.15) is 11.4 Å². The lowest BCUT2D eigenvalue weighted by Crippen LogP contribution is -2.56. The number of nitrogens with zero attached hydrogens (tertiary/aromatic N) is 4. The van der Waals surface area contributed by atoms with Crippen LogP contribution in [0.3, 0.4) is 0 Å². The van der Waals surface area contributed by atoms with Gasteiger partial charge in [0.2, 0.25) is 0 Å². The molecule has 2 saturated heterocycles. The standard InChI is InChI=1S/C20H23N5O2.ClH/c26-18-20(8-12-21-13-9-20)25(14-7-16-5-2-1-3-6-16)19(27)24(18)15-17-22-10-4-11-23-17;/h1-6,10-11,21H,7-9,12-15H2;1H. The van der Waals surface area contributed by atoms with E-state index in [0.717, 1.165) is 25.1 Å². The molecule has 2 aromatic rings. The van der Waals surface area contributed by atoms with E-state index in [0.29, 0.717) is 25.2 Å². The molecular weight excluding hydrogens is 378 g/mol. The maximum atomic E-state index is 13.3. The number of nitrogens with one attached hydrogen (secondary N) is 1.